The van der Waals surface area contributed by atoms with E-state index in [1.807, 2.05) is 44.2 Å². The van der Waals surface area contributed by atoms with Gasteiger partial charge in [-0.05, 0) is 43.2 Å². The van der Waals surface area contributed by atoms with Crippen LogP contribution in [0.4, 0.5) is 0 Å². The van der Waals surface area contributed by atoms with E-state index in [9.17, 15) is 4.79 Å². The zero-order valence-electron chi connectivity index (χ0n) is 12.5. The van der Waals surface area contributed by atoms with Crippen molar-refractivity contribution in [1.29, 1.82) is 0 Å². The first kappa shape index (κ1) is 15.5. The fourth-order valence-corrected chi connectivity index (χ4v) is 2.95. The van der Waals surface area contributed by atoms with Gasteiger partial charge in [0, 0.05) is 17.5 Å². The van der Waals surface area contributed by atoms with E-state index in [0.29, 0.717) is 11.4 Å². The highest BCUT2D eigenvalue weighted by atomic mass is 32.1. The number of amides is 1. The summed E-state index contributed by atoms with van der Waals surface area (Å²) in [5.41, 5.74) is 7.68. The van der Waals surface area contributed by atoms with Crippen LogP contribution in [0.3, 0.4) is 0 Å². The number of carbonyl (C=O) groups is 1. The smallest absolute Gasteiger partial charge is 0.261 e. The van der Waals surface area contributed by atoms with Crippen LogP contribution >= 0.6 is 11.3 Å². The molecule has 0 saturated heterocycles. The third-order valence-electron chi connectivity index (χ3n) is 3.27. The monoisotopic (exact) mass is 304 g/mol. The van der Waals surface area contributed by atoms with Gasteiger partial charge in [0.1, 0.15) is 5.75 Å². The maximum absolute atomic E-state index is 12.1. The molecule has 2 aromatic rings. The van der Waals surface area contributed by atoms with Crippen molar-refractivity contribution in [2.24, 2.45) is 5.73 Å². The molecule has 0 spiro atoms. The predicted octanol–water partition coefficient (Wildman–Crippen LogP) is 2.81. The van der Waals surface area contributed by atoms with Crippen molar-refractivity contribution in [1.82, 2.24) is 5.32 Å². The van der Waals surface area contributed by atoms with Gasteiger partial charge in [-0.3, -0.25) is 4.79 Å². The average Bonchev–Trinajstić information content (AvgIpc) is 2.89. The highest BCUT2D eigenvalue weighted by molar-refractivity contribution is 7.14. The quantitative estimate of drug-likeness (QED) is 0.893. The number of benzene rings is 1. The van der Waals surface area contributed by atoms with Crippen LogP contribution in [-0.2, 0) is 0 Å². The van der Waals surface area contributed by atoms with Crippen molar-refractivity contribution in [3.63, 3.8) is 0 Å². The standard InChI is InChI=1S/C16H20N2O2S/c1-10(9-17)18-16(19)15-8-14(11(2)21-15)12-4-6-13(20-3)7-5-12/h4-8,10H,9,17H2,1-3H3,(H,18,19)/t10-/m0/s1. The van der Waals surface area contributed by atoms with Crippen LogP contribution in [0, 0.1) is 6.92 Å². The molecule has 4 nitrogen and oxygen atoms in total. The van der Waals surface area contributed by atoms with Gasteiger partial charge in [-0.2, -0.15) is 0 Å². The Balaban J connectivity index is 2.24. The van der Waals surface area contributed by atoms with Crippen LogP contribution in [0.25, 0.3) is 11.1 Å². The van der Waals surface area contributed by atoms with Crippen LogP contribution in [0.1, 0.15) is 21.5 Å². The Bertz CT molecular complexity index is 620. The number of nitrogens with one attached hydrogen (secondary N) is 1. The first-order valence-electron chi connectivity index (χ1n) is 6.81. The highest BCUT2D eigenvalue weighted by Gasteiger charge is 2.15. The lowest BCUT2D eigenvalue weighted by atomic mass is 10.1. The molecule has 1 aromatic heterocycles. The molecule has 5 heteroatoms. The fraction of sp³-hybridized carbons (Fsp3) is 0.312. The zero-order valence-corrected chi connectivity index (χ0v) is 13.3. The van der Waals surface area contributed by atoms with Crippen molar-refractivity contribution in [2.75, 3.05) is 13.7 Å². The van der Waals surface area contributed by atoms with Crippen molar-refractivity contribution >= 4 is 17.2 Å². The second kappa shape index (κ2) is 6.74. The lowest BCUT2D eigenvalue weighted by molar-refractivity contribution is 0.0945. The topological polar surface area (TPSA) is 64.3 Å². The Kier molecular flexibility index (Phi) is 4.98. The Morgan fingerprint density at radius 3 is 2.62 bits per heavy atom. The van der Waals surface area contributed by atoms with Crippen molar-refractivity contribution < 1.29 is 9.53 Å². The molecule has 0 aliphatic carbocycles. The number of nitrogens with two attached hydrogens (primary N) is 1. The van der Waals surface area contributed by atoms with E-state index in [1.165, 1.54) is 11.3 Å². The normalized spacial score (nSPS) is 12.0. The number of carbonyl (C=O) groups excluding carboxylic acids is 1. The summed E-state index contributed by atoms with van der Waals surface area (Å²) in [6, 6.07) is 9.74. The molecule has 0 bridgehead atoms. The Morgan fingerprint density at radius 2 is 2.05 bits per heavy atom. The molecule has 1 aromatic carbocycles. The Labute approximate surface area is 128 Å². The zero-order chi connectivity index (χ0) is 15.4. The van der Waals surface area contributed by atoms with Crippen molar-refractivity contribution in [3.05, 3.63) is 40.1 Å². The predicted molar refractivity (Wildman–Crippen MR) is 87.0 cm³/mol. The number of methoxy groups -OCH3 is 1. The van der Waals surface area contributed by atoms with Crippen LogP contribution in [0.5, 0.6) is 5.75 Å². The van der Waals surface area contributed by atoms with E-state index in [2.05, 4.69) is 5.32 Å². The largest absolute Gasteiger partial charge is 0.497 e. The maximum Gasteiger partial charge on any atom is 0.261 e. The summed E-state index contributed by atoms with van der Waals surface area (Å²) in [5.74, 6) is 0.752. The molecule has 0 aliphatic rings. The number of hydrogen-bond acceptors (Lipinski definition) is 4. The van der Waals surface area contributed by atoms with Gasteiger partial charge in [0.25, 0.3) is 5.91 Å². The van der Waals surface area contributed by atoms with Gasteiger partial charge >= 0.3 is 0 Å². The van der Waals surface area contributed by atoms with Crippen LogP contribution < -0.4 is 15.8 Å². The summed E-state index contributed by atoms with van der Waals surface area (Å²) in [6.07, 6.45) is 0. The molecule has 1 atom stereocenters. The number of aryl methyl sites for hydroxylation is 1. The third-order valence-corrected chi connectivity index (χ3v) is 4.32. The molecular weight excluding hydrogens is 284 g/mol. The first-order chi connectivity index (χ1) is 10.0. The van der Waals surface area contributed by atoms with E-state index in [4.69, 9.17) is 10.5 Å². The second-order valence-electron chi connectivity index (χ2n) is 4.92. The molecule has 112 valence electrons. The lowest BCUT2D eigenvalue weighted by Gasteiger charge is -2.09. The first-order valence-corrected chi connectivity index (χ1v) is 7.62. The van der Waals surface area contributed by atoms with E-state index >= 15 is 0 Å². The van der Waals surface area contributed by atoms with Crippen LogP contribution in [0.15, 0.2) is 30.3 Å². The highest BCUT2D eigenvalue weighted by Crippen LogP contribution is 2.32. The number of hydrogen-bond donors (Lipinski definition) is 2. The molecule has 0 aliphatic heterocycles. The SMILES string of the molecule is COc1ccc(-c2cc(C(=O)N[C@@H](C)CN)sc2C)cc1. The van der Waals surface area contributed by atoms with Gasteiger partial charge in [-0.1, -0.05) is 12.1 Å². The van der Waals surface area contributed by atoms with Crippen molar-refractivity contribution in [3.8, 4) is 16.9 Å². The molecule has 21 heavy (non-hydrogen) atoms. The average molecular weight is 304 g/mol. The van der Waals surface area contributed by atoms with Crippen LogP contribution in [0.2, 0.25) is 0 Å². The molecule has 2 rings (SSSR count). The molecule has 0 saturated carbocycles. The molecule has 0 fully saturated rings. The minimum atomic E-state index is -0.0687. The van der Waals surface area contributed by atoms with Gasteiger partial charge in [0.2, 0.25) is 0 Å². The third kappa shape index (κ3) is 3.62. The summed E-state index contributed by atoms with van der Waals surface area (Å²) in [4.78, 5) is 14.0. The second-order valence-corrected chi connectivity index (χ2v) is 6.18. The van der Waals surface area contributed by atoms with E-state index < -0.39 is 0 Å². The van der Waals surface area contributed by atoms with Gasteiger partial charge < -0.3 is 15.8 Å². The van der Waals surface area contributed by atoms with Crippen LogP contribution in [-0.4, -0.2) is 25.6 Å². The minimum absolute atomic E-state index is 0.0238. The Morgan fingerprint density at radius 1 is 1.38 bits per heavy atom. The number of ether oxygens (including phenoxy) is 1. The molecule has 1 amide bonds. The summed E-state index contributed by atoms with van der Waals surface area (Å²) in [5, 5.41) is 2.88. The fourth-order valence-electron chi connectivity index (χ4n) is 2.01. The molecular formula is C16H20N2O2S. The van der Waals surface area contributed by atoms with E-state index in [1.54, 1.807) is 7.11 Å². The van der Waals surface area contributed by atoms with Gasteiger partial charge in [0.15, 0.2) is 0 Å². The maximum atomic E-state index is 12.1. The van der Waals surface area contributed by atoms with E-state index in [-0.39, 0.29) is 11.9 Å². The van der Waals surface area contributed by atoms with E-state index in [0.717, 1.165) is 21.8 Å². The molecule has 0 unspecified atom stereocenters. The summed E-state index contributed by atoms with van der Waals surface area (Å²) < 4.78 is 5.16. The molecule has 3 N–H and O–H groups in total. The Hall–Kier alpha value is -1.85. The summed E-state index contributed by atoms with van der Waals surface area (Å²) in [6.45, 7) is 4.34. The van der Waals surface area contributed by atoms with Gasteiger partial charge in [0.05, 0.1) is 12.0 Å². The van der Waals surface area contributed by atoms with Crippen molar-refractivity contribution in [2.45, 2.75) is 19.9 Å². The number of thiophene rings is 1. The van der Waals surface area contributed by atoms with Gasteiger partial charge in [-0.15, -0.1) is 11.3 Å². The number of rotatable bonds is 5. The summed E-state index contributed by atoms with van der Waals surface area (Å²) in [7, 11) is 1.64. The lowest BCUT2D eigenvalue weighted by Crippen LogP contribution is -2.37. The molecule has 0 radical (unpaired) electrons. The summed E-state index contributed by atoms with van der Waals surface area (Å²) >= 11 is 1.50. The molecule has 1 heterocycles. The van der Waals surface area contributed by atoms with Gasteiger partial charge in [-0.25, -0.2) is 0 Å². The minimum Gasteiger partial charge on any atom is -0.497 e.